The number of benzene rings is 1. The van der Waals surface area contributed by atoms with Crippen molar-refractivity contribution >= 4 is 27.8 Å². The topological polar surface area (TPSA) is 76.1 Å². The van der Waals surface area contributed by atoms with Crippen molar-refractivity contribution in [3.8, 4) is 0 Å². The highest BCUT2D eigenvalue weighted by Gasteiger charge is 2.36. The second-order valence-electron chi connectivity index (χ2n) is 6.17. The first kappa shape index (κ1) is 17.9. The smallest absolute Gasteiger partial charge is 0.335 e. The molecule has 1 amide bonds. The summed E-state index contributed by atoms with van der Waals surface area (Å²) in [5.41, 5.74) is -0.0759. The van der Waals surface area contributed by atoms with Gasteiger partial charge in [0.2, 0.25) is 0 Å². The Hall–Kier alpha value is -1.44. The third kappa shape index (κ3) is 4.53. The Morgan fingerprint density at radius 1 is 1.39 bits per heavy atom. The SMILES string of the molecule is COCC1CN(C(=O)c2cc(Br)cc(C(=O)O)c2)CC(C)(C)O1. The lowest BCUT2D eigenvalue weighted by molar-refractivity contribution is -0.143. The lowest BCUT2D eigenvalue weighted by Gasteiger charge is -2.42. The van der Waals surface area contributed by atoms with Crippen LogP contribution in [0.3, 0.4) is 0 Å². The Labute approximate surface area is 143 Å². The van der Waals surface area contributed by atoms with E-state index in [0.717, 1.165) is 0 Å². The molecule has 0 radical (unpaired) electrons. The number of halogens is 1. The molecular weight excluding hydrogens is 366 g/mol. The van der Waals surface area contributed by atoms with Crippen molar-refractivity contribution in [2.75, 3.05) is 26.8 Å². The van der Waals surface area contributed by atoms with Gasteiger partial charge in [-0.1, -0.05) is 15.9 Å². The van der Waals surface area contributed by atoms with E-state index in [1.807, 2.05) is 13.8 Å². The number of carboxylic acid groups (broad SMARTS) is 1. The van der Waals surface area contributed by atoms with Crippen LogP contribution in [-0.4, -0.2) is 60.4 Å². The van der Waals surface area contributed by atoms with Crippen LogP contribution >= 0.6 is 15.9 Å². The fraction of sp³-hybridized carbons (Fsp3) is 0.500. The first-order chi connectivity index (χ1) is 10.7. The molecule has 1 fully saturated rings. The van der Waals surface area contributed by atoms with Gasteiger partial charge >= 0.3 is 5.97 Å². The predicted molar refractivity (Wildman–Crippen MR) is 87.8 cm³/mol. The Kier molecular flexibility index (Phi) is 5.44. The molecule has 0 aromatic heterocycles. The molecule has 2 rings (SSSR count). The van der Waals surface area contributed by atoms with E-state index in [2.05, 4.69) is 15.9 Å². The number of rotatable bonds is 4. The minimum atomic E-state index is -1.07. The minimum Gasteiger partial charge on any atom is -0.478 e. The lowest BCUT2D eigenvalue weighted by Crippen LogP contribution is -2.55. The summed E-state index contributed by atoms with van der Waals surface area (Å²) in [5.74, 6) is -1.29. The van der Waals surface area contributed by atoms with Crippen LogP contribution in [0.4, 0.5) is 0 Å². The van der Waals surface area contributed by atoms with Crippen LogP contribution in [-0.2, 0) is 9.47 Å². The first-order valence-corrected chi connectivity index (χ1v) is 8.01. The number of carbonyl (C=O) groups is 2. The quantitative estimate of drug-likeness (QED) is 0.860. The zero-order valence-corrected chi connectivity index (χ0v) is 14.9. The molecule has 1 N–H and O–H groups in total. The van der Waals surface area contributed by atoms with Crippen molar-refractivity contribution < 1.29 is 24.2 Å². The van der Waals surface area contributed by atoms with Gasteiger partial charge in [0.1, 0.15) is 0 Å². The van der Waals surface area contributed by atoms with Gasteiger partial charge in [0.05, 0.1) is 23.9 Å². The van der Waals surface area contributed by atoms with E-state index >= 15 is 0 Å². The van der Waals surface area contributed by atoms with Gasteiger partial charge in [-0.2, -0.15) is 0 Å². The summed E-state index contributed by atoms with van der Waals surface area (Å²) in [6.45, 7) is 5.06. The molecule has 0 bridgehead atoms. The Bertz CT molecular complexity index is 616. The molecule has 7 heteroatoms. The van der Waals surface area contributed by atoms with Gasteiger partial charge in [0.25, 0.3) is 5.91 Å². The van der Waals surface area contributed by atoms with Crippen molar-refractivity contribution in [3.63, 3.8) is 0 Å². The molecule has 23 heavy (non-hydrogen) atoms. The molecule has 1 unspecified atom stereocenters. The van der Waals surface area contributed by atoms with Crippen LogP contribution in [0.15, 0.2) is 22.7 Å². The monoisotopic (exact) mass is 385 g/mol. The van der Waals surface area contributed by atoms with Gasteiger partial charge in [-0.15, -0.1) is 0 Å². The van der Waals surface area contributed by atoms with Crippen molar-refractivity contribution in [2.24, 2.45) is 0 Å². The number of carbonyl (C=O) groups excluding carboxylic acids is 1. The van der Waals surface area contributed by atoms with E-state index in [4.69, 9.17) is 14.6 Å². The summed E-state index contributed by atoms with van der Waals surface area (Å²) >= 11 is 3.25. The summed E-state index contributed by atoms with van der Waals surface area (Å²) < 4.78 is 11.6. The molecule has 1 aliphatic heterocycles. The molecule has 0 saturated carbocycles. The zero-order chi connectivity index (χ0) is 17.2. The lowest BCUT2D eigenvalue weighted by atomic mass is 10.0. The summed E-state index contributed by atoms with van der Waals surface area (Å²) in [5, 5.41) is 9.14. The van der Waals surface area contributed by atoms with E-state index in [-0.39, 0.29) is 17.6 Å². The Balaban J connectivity index is 2.26. The van der Waals surface area contributed by atoms with Crippen LogP contribution in [0.2, 0.25) is 0 Å². The second kappa shape index (κ2) is 6.98. The molecule has 1 aliphatic rings. The Morgan fingerprint density at radius 2 is 2.04 bits per heavy atom. The van der Waals surface area contributed by atoms with Gasteiger partial charge in [0.15, 0.2) is 0 Å². The number of nitrogens with zero attached hydrogens (tertiary/aromatic N) is 1. The maximum atomic E-state index is 12.8. The molecule has 6 nitrogen and oxygen atoms in total. The summed E-state index contributed by atoms with van der Waals surface area (Å²) in [4.78, 5) is 25.6. The largest absolute Gasteiger partial charge is 0.478 e. The van der Waals surface area contributed by atoms with Crippen LogP contribution in [0.5, 0.6) is 0 Å². The van der Waals surface area contributed by atoms with E-state index < -0.39 is 11.6 Å². The fourth-order valence-electron chi connectivity index (χ4n) is 2.74. The summed E-state index contributed by atoms with van der Waals surface area (Å²) in [7, 11) is 1.59. The molecule has 0 aliphatic carbocycles. The molecular formula is C16H20BrNO5. The molecule has 1 saturated heterocycles. The van der Waals surface area contributed by atoms with Gasteiger partial charge in [-0.05, 0) is 32.0 Å². The number of aromatic carboxylic acids is 1. The number of amides is 1. The van der Waals surface area contributed by atoms with Crippen LogP contribution in [0.1, 0.15) is 34.6 Å². The van der Waals surface area contributed by atoms with Gasteiger partial charge in [0, 0.05) is 30.2 Å². The molecule has 126 valence electrons. The van der Waals surface area contributed by atoms with Crippen molar-refractivity contribution in [1.82, 2.24) is 4.90 Å². The highest BCUT2D eigenvalue weighted by Crippen LogP contribution is 2.24. The number of morpholine rings is 1. The average molecular weight is 386 g/mol. The van der Waals surface area contributed by atoms with E-state index in [1.54, 1.807) is 18.1 Å². The van der Waals surface area contributed by atoms with Crippen molar-refractivity contribution in [3.05, 3.63) is 33.8 Å². The molecule has 1 aromatic carbocycles. The third-order valence-electron chi connectivity index (χ3n) is 3.51. The van der Waals surface area contributed by atoms with Crippen LogP contribution in [0.25, 0.3) is 0 Å². The average Bonchev–Trinajstić information content (AvgIpc) is 2.44. The molecule has 1 aromatic rings. The normalized spacial score (nSPS) is 20.3. The maximum Gasteiger partial charge on any atom is 0.335 e. The van der Waals surface area contributed by atoms with Gasteiger partial charge < -0.3 is 19.5 Å². The summed E-state index contributed by atoms with van der Waals surface area (Å²) in [6, 6.07) is 4.49. The third-order valence-corrected chi connectivity index (χ3v) is 3.97. The number of hydrogen-bond acceptors (Lipinski definition) is 4. The highest BCUT2D eigenvalue weighted by molar-refractivity contribution is 9.10. The molecule has 1 atom stereocenters. The van der Waals surface area contributed by atoms with E-state index in [1.165, 1.54) is 12.1 Å². The van der Waals surface area contributed by atoms with E-state index in [9.17, 15) is 9.59 Å². The number of carboxylic acids is 1. The highest BCUT2D eigenvalue weighted by atomic mass is 79.9. The minimum absolute atomic E-state index is 0.0729. The standard InChI is InChI=1S/C16H20BrNO5/c1-16(2)9-18(7-13(23-16)8-22-3)14(19)10-4-11(15(20)21)6-12(17)5-10/h4-6,13H,7-9H2,1-3H3,(H,20,21). The molecule has 1 heterocycles. The van der Waals surface area contributed by atoms with E-state index in [0.29, 0.717) is 29.7 Å². The number of methoxy groups -OCH3 is 1. The van der Waals surface area contributed by atoms with Gasteiger partial charge in [-0.3, -0.25) is 4.79 Å². The number of ether oxygens (including phenoxy) is 2. The number of hydrogen-bond donors (Lipinski definition) is 1. The van der Waals surface area contributed by atoms with Crippen molar-refractivity contribution in [2.45, 2.75) is 25.6 Å². The zero-order valence-electron chi connectivity index (χ0n) is 13.3. The second-order valence-corrected chi connectivity index (χ2v) is 7.09. The maximum absolute atomic E-state index is 12.8. The fourth-order valence-corrected chi connectivity index (χ4v) is 3.24. The van der Waals surface area contributed by atoms with Gasteiger partial charge in [-0.25, -0.2) is 4.79 Å². The predicted octanol–water partition coefficient (Wildman–Crippen LogP) is 2.41. The molecule has 0 spiro atoms. The van der Waals surface area contributed by atoms with Crippen LogP contribution in [0, 0.1) is 0 Å². The summed E-state index contributed by atoms with van der Waals surface area (Å²) in [6.07, 6.45) is -0.209. The Morgan fingerprint density at radius 3 is 2.65 bits per heavy atom. The van der Waals surface area contributed by atoms with Crippen molar-refractivity contribution in [1.29, 1.82) is 0 Å². The van der Waals surface area contributed by atoms with Crippen LogP contribution < -0.4 is 0 Å². The first-order valence-electron chi connectivity index (χ1n) is 7.22.